The van der Waals surface area contributed by atoms with Crippen LogP contribution in [-0.4, -0.2) is 23.9 Å². The molecule has 1 heterocycles. The minimum Gasteiger partial charge on any atom is -0.325 e. The molecule has 26 heavy (non-hydrogen) atoms. The zero-order valence-electron chi connectivity index (χ0n) is 16.0. The van der Waals surface area contributed by atoms with Crippen LogP contribution in [0.1, 0.15) is 43.4 Å². The first-order chi connectivity index (χ1) is 12.7. The molecule has 0 spiro atoms. The second-order valence-corrected chi connectivity index (χ2v) is 7.21. The monoisotopic (exact) mass is 350 g/mol. The summed E-state index contributed by atoms with van der Waals surface area (Å²) in [5.41, 5.74) is 4.82. The SMILES string of the molecule is CCc1cccc(CC)c1NC(=O)C1CCCN(Cc2ccccc2)C1. The van der Waals surface area contributed by atoms with Crippen LogP contribution in [0, 0.1) is 5.92 Å². The van der Waals surface area contributed by atoms with Crippen molar-refractivity contribution in [3.8, 4) is 0 Å². The Morgan fingerprint density at radius 1 is 1.04 bits per heavy atom. The Bertz CT molecular complexity index is 704. The Balaban J connectivity index is 1.66. The molecule has 2 aromatic carbocycles. The number of nitrogens with zero attached hydrogens (tertiary/aromatic N) is 1. The van der Waals surface area contributed by atoms with E-state index in [-0.39, 0.29) is 11.8 Å². The molecule has 1 fully saturated rings. The van der Waals surface area contributed by atoms with Crippen LogP contribution in [0.25, 0.3) is 0 Å². The summed E-state index contributed by atoms with van der Waals surface area (Å²) in [4.78, 5) is 15.4. The van der Waals surface area contributed by atoms with E-state index in [1.165, 1.54) is 16.7 Å². The van der Waals surface area contributed by atoms with Gasteiger partial charge in [0, 0.05) is 18.8 Å². The molecule has 1 unspecified atom stereocenters. The molecule has 3 nitrogen and oxygen atoms in total. The van der Waals surface area contributed by atoms with Crippen LogP contribution in [0.2, 0.25) is 0 Å². The average Bonchev–Trinajstić information content (AvgIpc) is 2.69. The van der Waals surface area contributed by atoms with E-state index in [1.54, 1.807) is 0 Å². The number of benzene rings is 2. The first kappa shape index (κ1) is 18.7. The van der Waals surface area contributed by atoms with E-state index >= 15 is 0 Å². The number of nitrogens with one attached hydrogen (secondary N) is 1. The van der Waals surface area contributed by atoms with Crippen LogP contribution in [-0.2, 0) is 24.2 Å². The molecule has 0 aromatic heterocycles. The van der Waals surface area contributed by atoms with Crippen molar-refractivity contribution in [2.45, 2.75) is 46.1 Å². The van der Waals surface area contributed by atoms with Gasteiger partial charge in [-0.2, -0.15) is 0 Å². The molecule has 1 saturated heterocycles. The molecule has 0 aliphatic carbocycles. The minimum atomic E-state index is 0.0714. The Morgan fingerprint density at radius 2 is 1.73 bits per heavy atom. The van der Waals surface area contributed by atoms with Crippen LogP contribution >= 0.6 is 0 Å². The summed E-state index contributed by atoms with van der Waals surface area (Å²) in [6.07, 6.45) is 3.94. The van der Waals surface area contributed by atoms with Crippen molar-refractivity contribution in [2.75, 3.05) is 18.4 Å². The van der Waals surface area contributed by atoms with E-state index in [9.17, 15) is 4.79 Å². The Hall–Kier alpha value is -2.13. The van der Waals surface area contributed by atoms with Crippen LogP contribution in [0.3, 0.4) is 0 Å². The number of carbonyl (C=O) groups excluding carboxylic acids is 1. The summed E-state index contributed by atoms with van der Waals surface area (Å²) in [7, 11) is 0. The molecule has 138 valence electrons. The Kier molecular flexibility index (Phi) is 6.45. The second kappa shape index (κ2) is 9.00. The van der Waals surface area contributed by atoms with Crippen molar-refractivity contribution < 1.29 is 4.79 Å². The number of hydrogen-bond acceptors (Lipinski definition) is 2. The largest absolute Gasteiger partial charge is 0.325 e. The Morgan fingerprint density at radius 3 is 2.38 bits per heavy atom. The normalized spacial score (nSPS) is 17.8. The van der Waals surface area contributed by atoms with Crippen LogP contribution in [0.5, 0.6) is 0 Å². The second-order valence-electron chi connectivity index (χ2n) is 7.21. The molecule has 1 amide bonds. The standard InChI is InChI=1S/C23H30N2O/c1-3-19-12-8-13-20(4-2)22(19)24-23(26)21-14-9-15-25(17-21)16-18-10-6-5-7-11-18/h5-8,10-13,21H,3-4,9,14-17H2,1-2H3,(H,24,26). The van der Waals surface area contributed by atoms with Crippen LogP contribution < -0.4 is 5.32 Å². The summed E-state index contributed by atoms with van der Waals surface area (Å²) in [6.45, 7) is 7.14. The smallest absolute Gasteiger partial charge is 0.228 e. The molecule has 3 rings (SSSR count). The highest BCUT2D eigenvalue weighted by Crippen LogP contribution is 2.25. The van der Waals surface area contributed by atoms with Gasteiger partial charge in [0.25, 0.3) is 0 Å². The van der Waals surface area contributed by atoms with Gasteiger partial charge in [-0.05, 0) is 48.9 Å². The maximum atomic E-state index is 13.0. The molecule has 1 atom stereocenters. The Labute approximate surface area is 157 Å². The third-order valence-corrected chi connectivity index (χ3v) is 5.37. The number of hydrogen-bond donors (Lipinski definition) is 1. The molecule has 3 heteroatoms. The number of piperidine rings is 1. The fourth-order valence-corrected chi connectivity index (χ4v) is 3.88. The van der Waals surface area contributed by atoms with E-state index in [1.807, 2.05) is 6.07 Å². The number of aryl methyl sites for hydroxylation is 2. The summed E-state index contributed by atoms with van der Waals surface area (Å²) in [6, 6.07) is 16.9. The molecular weight excluding hydrogens is 320 g/mol. The van der Waals surface area contributed by atoms with E-state index < -0.39 is 0 Å². The van der Waals surface area contributed by atoms with Gasteiger partial charge in [-0.15, -0.1) is 0 Å². The average molecular weight is 351 g/mol. The maximum absolute atomic E-state index is 13.0. The number of amides is 1. The topological polar surface area (TPSA) is 32.3 Å². The maximum Gasteiger partial charge on any atom is 0.228 e. The van der Waals surface area contributed by atoms with Gasteiger partial charge < -0.3 is 5.32 Å². The third kappa shape index (κ3) is 4.53. The number of likely N-dealkylation sites (tertiary alicyclic amines) is 1. The summed E-state index contributed by atoms with van der Waals surface area (Å²) in [5, 5.41) is 3.27. The zero-order valence-corrected chi connectivity index (χ0v) is 16.0. The van der Waals surface area contributed by atoms with Gasteiger partial charge in [0.2, 0.25) is 5.91 Å². The van der Waals surface area contributed by atoms with Crippen molar-refractivity contribution in [1.82, 2.24) is 4.90 Å². The minimum absolute atomic E-state index is 0.0714. The van der Waals surface area contributed by atoms with Crippen LogP contribution in [0.4, 0.5) is 5.69 Å². The number of anilines is 1. The lowest BCUT2D eigenvalue weighted by Crippen LogP contribution is -2.40. The highest BCUT2D eigenvalue weighted by molar-refractivity contribution is 5.94. The fourth-order valence-electron chi connectivity index (χ4n) is 3.88. The van der Waals surface area contributed by atoms with E-state index in [2.05, 4.69) is 66.5 Å². The lowest BCUT2D eigenvalue weighted by atomic mass is 9.95. The molecule has 2 aromatic rings. The van der Waals surface area contributed by atoms with Crippen molar-refractivity contribution in [2.24, 2.45) is 5.92 Å². The van der Waals surface area contributed by atoms with E-state index in [4.69, 9.17) is 0 Å². The van der Waals surface area contributed by atoms with Gasteiger partial charge in [0.1, 0.15) is 0 Å². The molecule has 0 saturated carbocycles. The quantitative estimate of drug-likeness (QED) is 0.821. The van der Waals surface area contributed by atoms with Crippen LogP contribution in [0.15, 0.2) is 48.5 Å². The molecule has 0 radical (unpaired) electrons. The van der Waals surface area contributed by atoms with Gasteiger partial charge in [-0.1, -0.05) is 62.4 Å². The zero-order chi connectivity index (χ0) is 18.4. The van der Waals surface area contributed by atoms with Crippen molar-refractivity contribution >= 4 is 11.6 Å². The van der Waals surface area contributed by atoms with Gasteiger partial charge in [0.05, 0.1) is 5.92 Å². The molecule has 1 N–H and O–H groups in total. The van der Waals surface area contributed by atoms with E-state index in [0.29, 0.717) is 0 Å². The van der Waals surface area contributed by atoms with E-state index in [0.717, 1.165) is 51.0 Å². The molecular formula is C23H30N2O. The number of rotatable bonds is 6. The first-order valence-corrected chi connectivity index (χ1v) is 9.89. The number of carbonyl (C=O) groups is 1. The predicted octanol–water partition coefficient (Wildman–Crippen LogP) is 4.66. The molecule has 0 bridgehead atoms. The molecule has 1 aliphatic rings. The first-order valence-electron chi connectivity index (χ1n) is 9.89. The summed E-state index contributed by atoms with van der Waals surface area (Å²) >= 11 is 0. The van der Waals surface area contributed by atoms with Gasteiger partial charge in [-0.3, -0.25) is 9.69 Å². The highest BCUT2D eigenvalue weighted by atomic mass is 16.1. The van der Waals surface area contributed by atoms with Gasteiger partial charge >= 0.3 is 0 Å². The van der Waals surface area contributed by atoms with Crippen molar-refractivity contribution in [3.05, 3.63) is 65.2 Å². The predicted molar refractivity (Wildman–Crippen MR) is 108 cm³/mol. The lowest BCUT2D eigenvalue weighted by Gasteiger charge is -2.32. The van der Waals surface area contributed by atoms with Crippen molar-refractivity contribution in [1.29, 1.82) is 0 Å². The fraction of sp³-hybridized carbons (Fsp3) is 0.435. The highest BCUT2D eigenvalue weighted by Gasteiger charge is 2.26. The molecule has 1 aliphatic heterocycles. The lowest BCUT2D eigenvalue weighted by molar-refractivity contribution is -0.121. The summed E-state index contributed by atoms with van der Waals surface area (Å²) < 4.78 is 0. The summed E-state index contributed by atoms with van der Waals surface area (Å²) in [5.74, 6) is 0.250. The van der Waals surface area contributed by atoms with Crippen molar-refractivity contribution in [3.63, 3.8) is 0 Å². The number of para-hydroxylation sites is 1. The van der Waals surface area contributed by atoms with Gasteiger partial charge in [-0.25, -0.2) is 0 Å². The van der Waals surface area contributed by atoms with Gasteiger partial charge in [0.15, 0.2) is 0 Å². The third-order valence-electron chi connectivity index (χ3n) is 5.37.